The molecular formula is C24H24N4O2. The molecule has 3 aromatic rings. The number of hydrogen-bond donors (Lipinski definition) is 3. The maximum atomic E-state index is 12.6. The van der Waals surface area contributed by atoms with Gasteiger partial charge in [0.1, 0.15) is 0 Å². The molecule has 2 heterocycles. The number of nitrogens with one attached hydrogen (secondary N) is 3. The van der Waals surface area contributed by atoms with Crippen molar-refractivity contribution in [2.45, 2.75) is 19.1 Å². The minimum atomic E-state index is -0.710. The van der Waals surface area contributed by atoms with E-state index in [0.29, 0.717) is 0 Å². The quantitative estimate of drug-likeness (QED) is 0.564. The van der Waals surface area contributed by atoms with E-state index in [1.807, 2.05) is 54.6 Å². The molecule has 1 aliphatic heterocycles. The minimum Gasteiger partial charge on any atom is -0.323 e. The summed E-state index contributed by atoms with van der Waals surface area (Å²) in [4.78, 5) is 22.1. The lowest BCUT2D eigenvalue weighted by molar-refractivity contribution is -0.125. The molecule has 6 nitrogen and oxygen atoms in total. The number of pyridine rings is 1. The minimum absolute atomic E-state index is 0.105. The summed E-state index contributed by atoms with van der Waals surface area (Å²) in [5.41, 5.74) is 7.46. The predicted octanol–water partition coefficient (Wildman–Crippen LogP) is 3.66. The molecule has 1 aliphatic rings. The van der Waals surface area contributed by atoms with Crippen LogP contribution >= 0.6 is 0 Å². The van der Waals surface area contributed by atoms with Crippen LogP contribution in [0.15, 0.2) is 85.2 Å². The third-order valence-electron chi connectivity index (χ3n) is 4.90. The van der Waals surface area contributed by atoms with Gasteiger partial charge in [-0.15, -0.1) is 0 Å². The Morgan fingerprint density at radius 1 is 1.07 bits per heavy atom. The van der Waals surface area contributed by atoms with Crippen LogP contribution < -0.4 is 16.1 Å². The molecule has 0 aliphatic carbocycles. The highest BCUT2D eigenvalue weighted by Crippen LogP contribution is 2.24. The smallest absolute Gasteiger partial charge is 0.260 e. The van der Waals surface area contributed by atoms with E-state index in [1.165, 1.54) is 5.56 Å². The number of carbonyl (C=O) groups is 1. The molecule has 6 heteroatoms. The van der Waals surface area contributed by atoms with Crippen molar-refractivity contribution < 1.29 is 9.63 Å². The van der Waals surface area contributed by atoms with Gasteiger partial charge >= 0.3 is 0 Å². The first-order valence-corrected chi connectivity index (χ1v) is 9.97. The average molecular weight is 400 g/mol. The summed E-state index contributed by atoms with van der Waals surface area (Å²) in [6.45, 7) is 2.95. The van der Waals surface area contributed by atoms with Crippen molar-refractivity contribution in [2.24, 2.45) is 0 Å². The number of aromatic nitrogens is 1. The number of anilines is 1. The lowest BCUT2D eigenvalue weighted by atomic mass is 9.98. The van der Waals surface area contributed by atoms with E-state index in [0.717, 1.165) is 29.1 Å². The average Bonchev–Trinajstić information content (AvgIpc) is 3.30. The number of rotatable bonds is 7. The van der Waals surface area contributed by atoms with Crippen LogP contribution in [-0.2, 0) is 9.63 Å². The van der Waals surface area contributed by atoms with Crippen LogP contribution in [0, 0.1) is 0 Å². The predicted molar refractivity (Wildman–Crippen MR) is 117 cm³/mol. The third kappa shape index (κ3) is 4.56. The number of benzene rings is 2. The first-order valence-electron chi connectivity index (χ1n) is 9.97. The SMILES string of the molecule is CCNC(c1ccccc1)c1ccc(NC(=O)C2C=C(c3cccnc3)NO2)cc1. The van der Waals surface area contributed by atoms with Gasteiger partial charge in [-0.1, -0.05) is 49.4 Å². The number of amides is 1. The van der Waals surface area contributed by atoms with Crippen molar-refractivity contribution in [1.82, 2.24) is 15.8 Å². The van der Waals surface area contributed by atoms with Crippen LogP contribution in [0.5, 0.6) is 0 Å². The zero-order valence-corrected chi connectivity index (χ0v) is 16.7. The van der Waals surface area contributed by atoms with Crippen LogP contribution in [0.4, 0.5) is 5.69 Å². The summed E-state index contributed by atoms with van der Waals surface area (Å²) in [5.74, 6) is -0.236. The van der Waals surface area contributed by atoms with Gasteiger partial charge in [-0.25, -0.2) is 0 Å². The number of hydroxylamine groups is 1. The second-order valence-electron chi connectivity index (χ2n) is 6.98. The van der Waals surface area contributed by atoms with E-state index in [1.54, 1.807) is 18.5 Å². The van der Waals surface area contributed by atoms with Crippen molar-refractivity contribution in [1.29, 1.82) is 0 Å². The van der Waals surface area contributed by atoms with Crippen molar-refractivity contribution in [2.75, 3.05) is 11.9 Å². The third-order valence-corrected chi connectivity index (χ3v) is 4.90. The van der Waals surface area contributed by atoms with E-state index >= 15 is 0 Å². The molecule has 152 valence electrons. The van der Waals surface area contributed by atoms with Gasteiger partial charge < -0.3 is 10.6 Å². The van der Waals surface area contributed by atoms with Crippen LogP contribution in [0.25, 0.3) is 5.70 Å². The number of nitrogens with zero attached hydrogens (tertiary/aromatic N) is 1. The Morgan fingerprint density at radius 3 is 2.53 bits per heavy atom. The Labute approximate surface area is 176 Å². The van der Waals surface area contributed by atoms with Gasteiger partial charge in [0.25, 0.3) is 5.91 Å². The molecule has 0 spiro atoms. The monoisotopic (exact) mass is 400 g/mol. The van der Waals surface area contributed by atoms with Crippen LogP contribution in [0.3, 0.4) is 0 Å². The molecule has 3 N–H and O–H groups in total. The Bertz CT molecular complexity index is 1000. The summed E-state index contributed by atoms with van der Waals surface area (Å²) in [6.07, 6.45) is 4.46. The summed E-state index contributed by atoms with van der Waals surface area (Å²) in [6, 6.07) is 22.0. The summed E-state index contributed by atoms with van der Waals surface area (Å²) in [5, 5.41) is 6.42. The van der Waals surface area contributed by atoms with Crippen molar-refractivity contribution in [3.63, 3.8) is 0 Å². The van der Waals surface area contributed by atoms with Gasteiger partial charge in [-0.3, -0.25) is 20.1 Å². The van der Waals surface area contributed by atoms with Gasteiger partial charge in [-0.2, -0.15) is 0 Å². The van der Waals surface area contributed by atoms with E-state index < -0.39 is 6.10 Å². The molecule has 1 aromatic heterocycles. The van der Waals surface area contributed by atoms with Crippen molar-refractivity contribution >= 4 is 17.3 Å². The largest absolute Gasteiger partial charge is 0.323 e. The normalized spacial score (nSPS) is 16.4. The fraction of sp³-hybridized carbons (Fsp3) is 0.167. The van der Waals surface area contributed by atoms with Gasteiger partial charge in [0.2, 0.25) is 0 Å². The Kier molecular flexibility index (Phi) is 6.17. The molecule has 0 fully saturated rings. The van der Waals surface area contributed by atoms with Crippen molar-refractivity contribution in [3.8, 4) is 0 Å². The maximum absolute atomic E-state index is 12.6. The van der Waals surface area contributed by atoms with Gasteiger partial charge in [0.05, 0.1) is 11.7 Å². The molecule has 30 heavy (non-hydrogen) atoms. The van der Waals surface area contributed by atoms with Crippen LogP contribution in [-0.4, -0.2) is 23.5 Å². The first kappa shape index (κ1) is 19.8. The van der Waals surface area contributed by atoms with Gasteiger partial charge in [0, 0.05) is 23.6 Å². The Morgan fingerprint density at radius 2 is 1.83 bits per heavy atom. The molecule has 2 unspecified atom stereocenters. The highest BCUT2D eigenvalue weighted by molar-refractivity contribution is 5.97. The van der Waals surface area contributed by atoms with Gasteiger partial charge in [0.15, 0.2) is 6.10 Å². The standard InChI is InChI=1S/C24H24N4O2/c1-2-26-23(17-7-4-3-5-8-17)18-10-12-20(13-11-18)27-24(29)22-15-21(28-30-22)19-9-6-14-25-16-19/h3-16,22-23,26,28H,2H2,1H3,(H,27,29). The number of hydrogen-bond acceptors (Lipinski definition) is 5. The lowest BCUT2D eigenvalue weighted by Gasteiger charge is -2.19. The summed E-state index contributed by atoms with van der Waals surface area (Å²) < 4.78 is 0. The maximum Gasteiger partial charge on any atom is 0.260 e. The molecule has 2 atom stereocenters. The molecule has 0 radical (unpaired) electrons. The van der Waals surface area contributed by atoms with E-state index in [2.05, 4.69) is 40.2 Å². The molecular weight excluding hydrogens is 376 g/mol. The molecule has 1 amide bonds. The second kappa shape index (κ2) is 9.35. The number of carbonyl (C=O) groups excluding carboxylic acids is 1. The van der Waals surface area contributed by atoms with Crippen LogP contribution in [0.1, 0.15) is 29.7 Å². The topological polar surface area (TPSA) is 75.3 Å². The Balaban J connectivity index is 1.43. The molecule has 0 saturated heterocycles. The second-order valence-corrected chi connectivity index (χ2v) is 6.98. The molecule has 0 saturated carbocycles. The highest BCUT2D eigenvalue weighted by Gasteiger charge is 2.25. The summed E-state index contributed by atoms with van der Waals surface area (Å²) >= 11 is 0. The van der Waals surface area contributed by atoms with Crippen molar-refractivity contribution in [3.05, 3.63) is 102 Å². The Hall–Kier alpha value is -3.48. The highest BCUT2D eigenvalue weighted by atomic mass is 16.7. The van der Waals surface area contributed by atoms with Gasteiger partial charge in [-0.05, 0) is 48.0 Å². The lowest BCUT2D eigenvalue weighted by Crippen LogP contribution is -2.28. The van der Waals surface area contributed by atoms with E-state index in [-0.39, 0.29) is 11.9 Å². The zero-order chi connectivity index (χ0) is 20.8. The molecule has 0 bridgehead atoms. The summed E-state index contributed by atoms with van der Waals surface area (Å²) in [7, 11) is 0. The van der Waals surface area contributed by atoms with E-state index in [4.69, 9.17) is 4.84 Å². The van der Waals surface area contributed by atoms with Crippen LogP contribution in [0.2, 0.25) is 0 Å². The fourth-order valence-corrected chi connectivity index (χ4v) is 3.40. The molecule has 4 rings (SSSR count). The molecule has 2 aromatic carbocycles. The van der Waals surface area contributed by atoms with E-state index in [9.17, 15) is 4.79 Å². The first-order chi connectivity index (χ1) is 14.7. The fourth-order valence-electron chi connectivity index (χ4n) is 3.40. The zero-order valence-electron chi connectivity index (χ0n) is 16.7.